The van der Waals surface area contributed by atoms with Crippen LogP contribution in [0.5, 0.6) is 0 Å². The van der Waals surface area contributed by atoms with E-state index in [0.29, 0.717) is 37.4 Å². The summed E-state index contributed by atoms with van der Waals surface area (Å²) in [5.41, 5.74) is 6.46. The van der Waals surface area contributed by atoms with Crippen molar-refractivity contribution in [2.24, 2.45) is 11.7 Å². The van der Waals surface area contributed by atoms with E-state index in [2.05, 4.69) is 10.6 Å². The molecule has 0 bridgehead atoms. The quantitative estimate of drug-likeness (QED) is 0.718. The first-order valence-electron chi connectivity index (χ1n) is 8.77. The van der Waals surface area contributed by atoms with Crippen LogP contribution in [0.4, 0.5) is 10.5 Å². The molecular weight excluding hydrogens is 334 g/mol. The Morgan fingerprint density at radius 3 is 2.77 bits per heavy atom. The van der Waals surface area contributed by atoms with Crippen LogP contribution in [0.25, 0.3) is 0 Å². The summed E-state index contributed by atoms with van der Waals surface area (Å²) in [4.78, 5) is 39.8. The number of urea groups is 1. The molecule has 1 aromatic rings. The molecule has 1 unspecified atom stereocenters. The Labute approximate surface area is 153 Å². The minimum absolute atomic E-state index is 0.0556. The summed E-state index contributed by atoms with van der Waals surface area (Å²) < 4.78 is 0. The average Bonchev–Trinajstić information content (AvgIpc) is 2.65. The number of nitrogens with two attached hydrogens (primary N) is 1. The smallest absolute Gasteiger partial charge is 0.321 e. The van der Waals surface area contributed by atoms with Crippen LogP contribution in [0.1, 0.15) is 23.2 Å². The van der Waals surface area contributed by atoms with E-state index >= 15 is 0 Å². The van der Waals surface area contributed by atoms with Gasteiger partial charge in [0, 0.05) is 51.5 Å². The van der Waals surface area contributed by atoms with Gasteiger partial charge >= 0.3 is 6.03 Å². The molecule has 1 heterocycles. The van der Waals surface area contributed by atoms with Crippen molar-refractivity contribution in [3.63, 3.8) is 0 Å². The number of carbonyl (C=O) groups is 3. The first-order valence-corrected chi connectivity index (χ1v) is 8.77. The van der Waals surface area contributed by atoms with Gasteiger partial charge in [-0.1, -0.05) is 6.07 Å². The molecule has 1 aromatic carbocycles. The largest absolute Gasteiger partial charge is 0.355 e. The van der Waals surface area contributed by atoms with E-state index in [1.165, 1.54) is 4.90 Å². The summed E-state index contributed by atoms with van der Waals surface area (Å²) in [6.07, 6.45) is 1.54. The Kier molecular flexibility index (Phi) is 6.97. The summed E-state index contributed by atoms with van der Waals surface area (Å²) in [6, 6.07) is 6.57. The van der Waals surface area contributed by atoms with Gasteiger partial charge in [-0.05, 0) is 31.0 Å². The van der Waals surface area contributed by atoms with Crippen LogP contribution in [0, 0.1) is 5.92 Å². The van der Waals surface area contributed by atoms with Crippen LogP contribution in [-0.4, -0.2) is 67.9 Å². The van der Waals surface area contributed by atoms with Crippen molar-refractivity contribution < 1.29 is 14.4 Å². The highest BCUT2D eigenvalue weighted by Crippen LogP contribution is 2.20. The maximum atomic E-state index is 12.8. The monoisotopic (exact) mass is 361 g/mol. The molecule has 0 aliphatic carbocycles. The van der Waals surface area contributed by atoms with Crippen molar-refractivity contribution in [3.05, 3.63) is 29.8 Å². The summed E-state index contributed by atoms with van der Waals surface area (Å²) in [5, 5.41) is 5.52. The Hall–Kier alpha value is -2.61. The maximum Gasteiger partial charge on any atom is 0.321 e. The molecule has 8 heteroatoms. The van der Waals surface area contributed by atoms with Gasteiger partial charge in [0.2, 0.25) is 5.91 Å². The fourth-order valence-electron chi connectivity index (χ4n) is 2.86. The van der Waals surface area contributed by atoms with Gasteiger partial charge in [0.1, 0.15) is 0 Å². The van der Waals surface area contributed by atoms with Gasteiger partial charge in [-0.15, -0.1) is 0 Å². The van der Waals surface area contributed by atoms with Gasteiger partial charge in [0.25, 0.3) is 5.91 Å². The average molecular weight is 361 g/mol. The molecule has 1 aliphatic heterocycles. The van der Waals surface area contributed by atoms with E-state index in [4.69, 9.17) is 5.73 Å². The molecule has 0 spiro atoms. The lowest BCUT2D eigenvalue weighted by atomic mass is 9.96. The third-order valence-corrected chi connectivity index (χ3v) is 4.29. The third kappa shape index (κ3) is 5.19. The van der Waals surface area contributed by atoms with Gasteiger partial charge in [-0.3, -0.25) is 9.59 Å². The lowest BCUT2D eigenvalue weighted by Gasteiger charge is -2.32. The Morgan fingerprint density at radius 1 is 1.31 bits per heavy atom. The number of likely N-dealkylation sites (tertiary alicyclic amines) is 1. The van der Waals surface area contributed by atoms with E-state index in [1.807, 2.05) is 0 Å². The second-order valence-electron chi connectivity index (χ2n) is 6.58. The van der Waals surface area contributed by atoms with Gasteiger partial charge < -0.3 is 26.2 Å². The number of benzene rings is 1. The normalized spacial score (nSPS) is 16.7. The number of nitrogens with zero attached hydrogens (tertiary/aromatic N) is 2. The summed E-state index contributed by atoms with van der Waals surface area (Å²) >= 11 is 0. The van der Waals surface area contributed by atoms with Crippen molar-refractivity contribution in [2.75, 3.05) is 45.6 Å². The zero-order chi connectivity index (χ0) is 19.1. The van der Waals surface area contributed by atoms with Crippen LogP contribution in [0.2, 0.25) is 0 Å². The van der Waals surface area contributed by atoms with Crippen LogP contribution in [0.15, 0.2) is 24.3 Å². The van der Waals surface area contributed by atoms with Crippen LogP contribution in [-0.2, 0) is 4.79 Å². The first kappa shape index (κ1) is 19.7. The van der Waals surface area contributed by atoms with Crippen molar-refractivity contribution >= 4 is 23.5 Å². The Morgan fingerprint density at radius 2 is 2.08 bits per heavy atom. The highest BCUT2D eigenvalue weighted by atomic mass is 16.2. The predicted molar refractivity (Wildman–Crippen MR) is 99.8 cm³/mol. The molecule has 142 valence electrons. The Bertz CT molecular complexity index is 662. The summed E-state index contributed by atoms with van der Waals surface area (Å²) in [7, 11) is 3.29. The molecule has 1 saturated heterocycles. The number of amides is 4. The van der Waals surface area contributed by atoms with Crippen molar-refractivity contribution in [1.82, 2.24) is 15.1 Å². The van der Waals surface area contributed by atoms with Gasteiger partial charge in [0.05, 0.1) is 5.92 Å². The van der Waals surface area contributed by atoms with Crippen LogP contribution < -0.4 is 16.4 Å². The number of anilines is 1. The lowest BCUT2D eigenvalue weighted by Crippen LogP contribution is -2.46. The predicted octanol–water partition coefficient (Wildman–Crippen LogP) is 0.707. The minimum Gasteiger partial charge on any atom is -0.355 e. The molecule has 1 aliphatic rings. The van der Waals surface area contributed by atoms with Crippen molar-refractivity contribution in [3.8, 4) is 0 Å². The standard InChI is InChI=1S/C18H27N5O3/c1-22(2)18(26)21-15-7-3-5-13(11-15)17(25)23-10-4-6-14(12-23)16(24)20-9-8-19/h3,5,7,11,14H,4,6,8-10,12,19H2,1-2H3,(H,20,24)(H,21,26). The molecule has 4 amide bonds. The number of hydrogen-bond donors (Lipinski definition) is 3. The number of nitrogens with one attached hydrogen (secondary N) is 2. The number of carbonyl (C=O) groups excluding carboxylic acids is 3. The molecule has 26 heavy (non-hydrogen) atoms. The number of rotatable bonds is 5. The van der Waals surface area contributed by atoms with Gasteiger partial charge in [0.15, 0.2) is 0 Å². The second kappa shape index (κ2) is 9.19. The molecule has 2 rings (SSSR count). The summed E-state index contributed by atoms with van der Waals surface area (Å²) in [5.74, 6) is -0.405. The fraction of sp³-hybridized carbons (Fsp3) is 0.500. The number of piperidine rings is 1. The zero-order valence-electron chi connectivity index (χ0n) is 15.3. The fourth-order valence-corrected chi connectivity index (χ4v) is 2.86. The first-order chi connectivity index (χ1) is 12.4. The molecule has 0 radical (unpaired) electrons. The van der Waals surface area contributed by atoms with Crippen molar-refractivity contribution in [2.45, 2.75) is 12.8 Å². The third-order valence-electron chi connectivity index (χ3n) is 4.29. The molecule has 0 saturated carbocycles. The molecule has 1 fully saturated rings. The number of hydrogen-bond acceptors (Lipinski definition) is 4. The highest BCUT2D eigenvalue weighted by molar-refractivity contribution is 5.97. The SMILES string of the molecule is CN(C)C(=O)Nc1cccc(C(=O)N2CCCC(C(=O)NCCN)C2)c1. The van der Waals surface area contributed by atoms with Crippen LogP contribution >= 0.6 is 0 Å². The summed E-state index contributed by atoms with van der Waals surface area (Å²) in [6.45, 7) is 1.85. The Balaban J connectivity index is 2.03. The van der Waals surface area contributed by atoms with Crippen molar-refractivity contribution in [1.29, 1.82) is 0 Å². The van der Waals surface area contributed by atoms with Gasteiger partial charge in [-0.2, -0.15) is 0 Å². The highest BCUT2D eigenvalue weighted by Gasteiger charge is 2.28. The molecule has 4 N–H and O–H groups in total. The van der Waals surface area contributed by atoms with Gasteiger partial charge in [-0.25, -0.2) is 4.79 Å². The molecule has 8 nitrogen and oxygen atoms in total. The van der Waals surface area contributed by atoms with Crippen LogP contribution in [0.3, 0.4) is 0 Å². The maximum absolute atomic E-state index is 12.8. The van der Waals surface area contributed by atoms with E-state index in [0.717, 1.165) is 12.8 Å². The zero-order valence-corrected chi connectivity index (χ0v) is 15.3. The van der Waals surface area contributed by atoms with E-state index in [-0.39, 0.29) is 23.8 Å². The van der Waals surface area contributed by atoms with E-state index in [9.17, 15) is 14.4 Å². The minimum atomic E-state index is -0.260. The van der Waals surface area contributed by atoms with E-state index < -0.39 is 0 Å². The second-order valence-corrected chi connectivity index (χ2v) is 6.58. The lowest BCUT2D eigenvalue weighted by molar-refractivity contribution is -0.126. The molecule has 0 aromatic heterocycles. The molecule has 1 atom stereocenters. The van der Waals surface area contributed by atoms with E-state index in [1.54, 1.807) is 43.3 Å². The molecular formula is C18H27N5O3. The topological polar surface area (TPSA) is 108 Å².